The molecule has 0 heterocycles. The normalized spacial score (nSPS) is 9.19. The summed E-state index contributed by atoms with van der Waals surface area (Å²) >= 11 is 11.8. The third-order valence-corrected chi connectivity index (χ3v) is 2.46. The second kappa shape index (κ2) is 5.64. The molecule has 0 saturated heterocycles. The van der Waals surface area contributed by atoms with Crippen molar-refractivity contribution in [3.63, 3.8) is 0 Å². The number of amides is 1. The van der Waals surface area contributed by atoms with E-state index in [-0.39, 0.29) is 10.8 Å². The van der Waals surface area contributed by atoms with Gasteiger partial charge < -0.3 is 10.5 Å². The van der Waals surface area contributed by atoms with Crippen molar-refractivity contribution in [1.82, 2.24) is 0 Å². The van der Waals surface area contributed by atoms with Crippen LogP contribution in [0.25, 0.3) is 0 Å². The molecule has 3 nitrogen and oxygen atoms in total. The fraction of sp³-hybridized carbons (Fsp3) is 0.182. The lowest BCUT2D eigenvalue weighted by molar-refractivity contribution is 0.211. The molecule has 0 aromatic heterocycles. The predicted molar refractivity (Wildman–Crippen MR) is 63.8 cm³/mol. The van der Waals surface area contributed by atoms with E-state index < -0.39 is 6.09 Å². The summed E-state index contributed by atoms with van der Waals surface area (Å²) in [4.78, 5) is 10.7. The van der Waals surface area contributed by atoms with Gasteiger partial charge in [-0.25, -0.2) is 4.79 Å². The van der Waals surface area contributed by atoms with Gasteiger partial charge in [0.1, 0.15) is 5.75 Å². The van der Waals surface area contributed by atoms with Gasteiger partial charge in [0.15, 0.2) is 0 Å². The lowest BCUT2D eigenvalue weighted by Crippen LogP contribution is -2.16. The van der Waals surface area contributed by atoms with Crippen molar-refractivity contribution < 1.29 is 9.53 Å². The van der Waals surface area contributed by atoms with Crippen LogP contribution in [0.3, 0.4) is 0 Å². The van der Waals surface area contributed by atoms with Crippen molar-refractivity contribution in [2.75, 3.05) is 0 Å². The molecule has 0 spiro atoms. The van der Waals surface area contributed by atoms with Crippen molar-refractivity contribution >= 4 is 29.3 Å². The maximum Gasteiger partial charge on any atom is 0.410 e. The molecule has 1 aromatic carbocycles. The summed E-state index contributed by atoms with van der Waals surface area (Å²) in [7, 11) is 0. The second-order valence-electron chi connectivity index (χ2n) is 2.81. The Morgan fingerprint density at radius 1 is 1.50 bits per heavy atom. The van der Waals surface area contributed by atoms with Crippen molar-refractivity contribution in [2.45, 2.75) is 13.3 Å². The van der Waals surface area contributed by atoms with Crippen LogP contribution < -0.4 is 10.5 Å². The van der Waals surface area contributed by atoms with Crippen LogP contribution in [0.1, 0.15) is 18.9 Å². The molecule has 0 saturated carbocycles. The van der Waals surface area contributed by atoms with Crippen LogP contribution >= 0.6 is 23.2 Å². The summed E-state index contributed by atoms with van der Waals surface area (Å²) in [6, 6.07) is 3.01. The van der Waals surface area contributed by atoms with Crippen molar-refractivity contribution in [1.29, 1.82) is 0 Å². The van der Waals surface area contributed by atoms with Gasteiger partial charge in [-0.15, -0.1) is 0 Å². The lowest BCUT2D eigenvalue weighted by atomic mass is 10.2. The molecule has 1 rings (SSSR count). The Bertz CT molecular complexity index is 475. The topological polar surface area (TPSA) is 52.3 Å². The summed E-state index contributed by atoms with van der Waals surface area (Å²) in [5, 5.41) is 0.597. The summed E-state index contributed by atoms with van der Waals surface area (Å²) in [6.07, 6.45) is -0.267. The quantitative estimate of drug-likeness (QED) is 0.786. The van der Waals surface area contributed by atoms with E-state index in [1.54, 1.807) is 0 Å². The van der Waals surface area contributed by atoms with E-state index in [9.17, 15) is 4.79 Å². The fourth-order valence-corrected chi connectivity index (χ4v) is 1.38. The molecule has 1 aromatic rings. The highest BCUT2D eigenvalue weighted by atomic mass is 35.5. The average molecular weight is 258 g/mol. The van der Waals surface area contributed by atoms with Gasteiger partial charge in [-0.3, -0.25) is 0 Å². The number of carbonyl (C=O) groups is 1. The lowest BCUT2D eigenvalue weighted by Gasteiger charge is -2.06. The van der Waals surface area contributed by atoms with Gasteiger partial charge >= 0.3 is 6.09 Å². The van der Waals surface area contributed by atoms with Crippen LogP contribution in [-0.4, -0.2) is 6.09 Å². The van der Waals surface area contributed by atoms with E-state index in [2.05, 4.69) is 11.8 Å². The van der Waals surface area contributed by atoms with E-state index in [4.69, 9.17) is 33.7 Å². The summed E-state index contributed by atoms with van der Waals surface area (Å²) in [5.74, 6) is 5.81. The maximum atomic E-state index is 10.7. The molecule has 1 amide bonds. The summed E-state index contributed by atoms with van der Waals surface area (Å²) in [5.41, 5.74) is 5.29. The fourth-order valence-electron chi connectivity index (χ4n) is 1.02. The standard InChI is InChI=1S/C11H9Cl2NO2/c1-2-3-4-7-9(16-11(14)15)6-5-8(12)10(7)13/h5-6H,2H2,1H3,(H2,14,15). The van der Waals surface area contributed by atoms with Gasteiger partial charge in [0.2, 0.25) is 0 Å². The van der Waals surface area contributed by atoms with E-state index >= 15 is 0 Å². The minimum atomic E-state index is -0.919. The Morgan fingerprint density at radius 2 is 2.19 bits per heavy atom. The highest BCUT2D eigenvalue weighted by Gasteiger charge is 2.11. The van der Waals surface area contributed by atoms with Crippen LogP contribution in [0, 0.1) is 11.8 Å². The van der Waals surface area contributed by atoms with E-state index in [1.807, 2.05) is 6.92 Å². The molecule has 0 aliphatic rings. The van der Waals surface area contributed by atoms with Crippen molar-refractivity contribution in [3.8, 4) is 17.6 Å². The number of carbonyl (C=O) groups excluding carboxylic acids is 1. The minimum absolute atomic E-state index is 0.211. The maximum absolute atomic E-state index is 10.7. The Hall–Kier alpha value is -1.37. The molecule has 0 fully saturated rings. The first-order valence-corrected chi connectivity index (χ1v) is 5.26. The van der Waals surface area contributed by atoms with Gasteiger partial charge in [-0.2, -0.15) is 0 Å². The largest absolute Gasteiger partial charge is 0.410 e. The zero-order valence-electron chi connectivity index (χ0n) is 8.51. The minimum Gasteiger partial charge on any atom is -0.409 e. The Kier molecular flexibility index (Phi) is 4.48. The molecule has 5 heteroatoms. The third-order valence-electron chi connectivity index (χ3n) is 1.66. The Morgan fingerprint density at radius 3 is 2.75 bits per heavy atom. The molecule has 0 atom stereocenters. The number of benzene rings is 1. The van der Waals surface area contributed by atoms with Crippen LogP contribution in [0.4, 0.5) is 4.79 Å². The molecule has 0 aliphatic carbocycles. The van der Waals surface area contributed by atoms with E-state index in [0.29, 0.717) is 17.0 Å². The van der Waals surface area contributed by atoms with Gasteiger partial charge in [0.05, 0.1) is 15.6 Å². The van der Waals surface area contributed by atoms with Gasteiger partial charge in [0, 0.05) is 6.42 Å². The van der Waals surface area contributed by atoms with Gasteiger partial charge in [-0.1, -0.05) is 42.0 Å². The molecule has 0 radical (unpaired) electrons. The van der Waals surface area contributed by atoms with Crippen LogP contribution in [-0.2, 0) is 0 Å². The zero-order valence-corrected chi connectivity index (χ0v) is 10.0. The first-order valence-electron chi connectivity index (χ1n) is 4.50. The molecule has 0 bridgehead atoms. The smallest absolute Gasteiger partial charge is 0.409 e. The number of rotatable bonds is 1. The third kappa shape index (κ3) is 3.06. The first kappa shape index (κ1) is 12.7. The van der Waals surface area contributed by atoms with Crippen molar-refractivity contribution in [3.05, 3.63) is 27.7 Å². The summed E-state index contributed by atoms with van der Waals surface area (Å²) < 4.78 is 4.77. The predicted octanol–water partition coefficient (Wildman–Crippen LogP) is 3.21. The number of hydrogen-bond acceptors (Lipinski definition) is 2. The van der Waals surface area contributed by atoms with Gasteiger partial charge in [0.25, 0.3) is 0 Å². The zero-order chi connectivity index (χ0) is 12.1. The highest BCUT2D eigenvalue weighted by Crippen LogP contribution is 2.32. The molecule has 0 aliphatic heterocycles. The highest BCUT2D eigenvalue weighted by molar-refractivity contribution is 6.42. The summed E-state index contributed by atoms with van der Waals surface area (Å²) in [6.45, 7) is 1.89. The Balaban J connectivity index is 3.26. The number of nitrogens with two attached hydrogens (primary N) is 1. The number of ether oxygens (including phenoxy) is 1. The molecular formula is C11H9Cl2NO2. The number of halogens is 2. The molecular weight excluding hydrogens is 249 g/mol. The van der Waals surface area contributed by atoms with Crippen LogP contribution in [0.15, 0.2) is 12.1 Å². The number of primary amides is 1. The monoisotopic (exact) mass is 257 g/mol. The van der Waals surface area contributed by atoms with E-state index in [0.717, 1.165) is 0 Å². The second-order valence-corrected chi connectivity index (χ2v) is 3.60. The average Bonchev–Trinajstić information content (AvgIpc) is 2.22. The molecule has 84 valence electrons. The van der Waals surface area contributed by atoms with Crippen LogP contribution in [0.5, 0.6) is 5.75 Å². The van der Waals surface area contributed by atoms with Crippen molar-refractivity contribution in [2.24, 2.45) is 5.73 Å². The first-order chi connectivity index (χ1) is 7.56. The Labute approximate surface area is 103 Å². The molecule has 16 heavy (non-hydrogen) atoms. The van der Waals surface area contributed by atoms with Gasteiger partial charge in [-0.05, 0) is 12.1 Å². The number of hydrogen-bond donors (Lipinski definition) is 1. The molecule has 2 N–H and O–H groups in total. The van der Waals surface area contributed by atoms with E-state index in [1.165, 1.54) is 12.1 Å². The van der Waals surface area contributed by atoms with Crippen LogP contribution in [0.2, 0.25) is 10.0 Å². The molecule has 0 unspecified atom stereocenters. The SMILES string of the molecule is CCC#Cc1c(OC(N)=O)ccc(Cl)c1Cl.